The lowest BCUT2D eigenvalue weighted by atomic mass is 9.46. The normalized spacial score (nSPS) is 57.4. The fourth-order valence-corrected chi connectivity index (χ4v) is 10.8. The number of fused-ring (bicyclic) bond motifs is 5. The number of ether oxygens (including phenoxy) is 3. The molecule has 0 bridgehead atoms. The van der Waals surface area contributed by atoms with Crippen LogP contribution in [0.1, 0.15) is 86.0 Å². The van der Waals surface area contributed by atoms with Crippen molar-refractivity contribution in [2.45, 2.75) is 152 Å². The number of allylic oxidation sites excluding steroid dienone is 1. The fraction of sp³-hybridized carbons (Fsp3) is 0.941. The molecule has 4 aliphatic carbocycles. The third kappa shape index (κ3) is 5.19. The van der Waals surface area contributed by atoms with Crippen molar-refractivity contribution >= 4 is 0 Å². The lowest BCUT2D eigenvalue weighted by Gasteiger charge is -2.60. The van der Waals surface area contributed by atoms with Crippen molar-refractivity contribution in [2.24, 2.45) is 40.4 Å². The van der Waals surface area contributed by atoms with Gasteiger partial charge in [-0.2, -0.15) is 0 Å². The molecule has 18 atom stereocenters. The maximum Gasteiger partial charge on any atom is 0.192 e. The lowest BCUT2D eigenvalue weighted by molar-refractivity contribution is -0.398. The van der Waals surface area contributed by atoms with Gasteiger partial charge in [0.15, 0.2) is 12.6 Å². The van der Waals surface area contributed by atoms with Gasteiger partial charge < -0.3 is 55.1 Å². The average Bonchev–Trinajstić information content (AvgIpc) is 3.33. The van der Waals surface area contributed by atoms with E-state index in [0.717, 1.165) is 32.1 Å². The highest BCUT2D eigenvalue weighted by Crippen LogP contribution is 2.67. The van der Waals surface area contributed by atoms with Crippen LogP contribution in [0, 0.1) is 40.4 Å². The van der Waals surface area contributed by atoms with Gasteiger partial charge in [0.25, 0.3) is 0 Å². The number of hydrogen-bond donors (Lipinski definition) is 8. The van der Waals surface area contributed by atoms with E-state index in [1.807, 2.05) is 0 Å². The van der Waals surface area contributed by atoms with Crippen LogP contribution >= 0.6 is 0 Å². The number of hydrogen-bond acceptors (Lipinski definition) is 11. The Balaban J connectivity index is 1.21. The summed E-state index contributed by atoms with van der Waals surface area (Å²) < 4.78 is 17.9. The molecule has 11 heteroatoms. The number of aliphatic hydroxyl groups excluding tert-OH is 6. The molecule has 0 amide bonds. The minimum absolute atomic E-state index is 0.0132. The summed E-state index contributed by atoms with van der Waals surface area (Å²) in [5, 5.41) is 85.4. The Morgan fingerprint density at radius 2 is 1.64 bits per heavy atom. The van der Waals surface area contributed by atoms with Crippen LogP contribution in [0.5, 0.6) is 0 Å². The van der Waals surface area contributed by atoms with E-state index in [-0.39, 0.29) is 29.1 Å². The average molecular weight is 641 g/mol. The minimum atomic E-state index is -1.90. The Kier molecular flexibility index (Phi) is 8.90. The molecule has 0 aromatic heterocycles. The molecule has 258 valence electrons. The molecule has 0 unspecified atom stereocenters. The minimum Gasteiger partial charge on any atom is -0.394 e. The highest BCUT2D eigenvalue weighted by Gasteiger charge is 2.63. The molecule has 6 aliphatic rings. The van der Waals surface area contributed by atoms with Gasteiger partial charge in [-0.1, -0.05) is 32.4 Å². The molecular formula is C34H56O11. The van der Waals surface area contributed by atoms with E-state index in [1.165, 1.54) is 12.5 Å². The van der Waals surface area contributed by atoms with Crippen LogP contribution in [0.15, 0.2) is 11.6 Å². The van der Waals surface area contributed by atoms with Crippen molar-refractivity contribution < 1.29 is 55.1 Å². The first kappa shape index (κ1) is 34.2. The van der Waals surface area contributed by atoms with Crippen molar-refractivity contribution in [2.75, 3.05) is 6.61 Å². The molecule has 3 saturated carbocycles. The van der Waals surface area contributed by atoms with Gasteiger partial charge in [0.2, 0.25) is 0 Å². The predicted molar refractivity (Wildman–Crippen MR) is 161 cm³/mol. The van der Waals surface area contributed by atoms with Gasteiger partial charge in [-0.25, -0.2) is 0 Å². The molecule has 6 rings (SSSR count). The van der Waals surface area contributed by atoms with Gasteiger partial charge in [-0.05, 0) is 87.4 Å². The summed E-state index contributed by atoms with van der Waals surface area (Å²) in [6, 6.07) is 0. The second kappa shape index (κ2) is 11.7. The second-order valence-electron chi connectivity index (χ2n) is 16.3. The van der Waals surface area contributed by atoms with Crippen molar-refractivity contribution in [3.05, 3.63) is 11.6 Å². The van der Waals surface area contributed by atoms with Crippen LogP contribution in [0.4, 0.5) is 0 Å². The van der Waals surface area contributed by atoms with Crippen molar-refractivity contribution in [1.82, 2.24) is 0 Å². The van der Waals surface area contributed by atoms with Crippen LogP contribution in [0.2, 0.25) is 0 Å². The monoisotopic (exact) mass is 640 g/mol. The van der Waals surface area contributed by atoms with Crippen molar-refractivity contribution in [1.29, 1.82) is 0 Å². The smallest absolute Gasteiger partial charge is 0.192 e. The molecule has 0 radical (unpaired) electrons. The van der Waals surface area contributed by atoms with E-state index in [2.05, 4.69) is 26.8 Å². The predicted octanol–water partition coefficient (Wildman–Crippen LogP) is 0.967. The molecular weight excluding hydrogens is 584 g/mol. The zero-order valence-electron chi connectivity index (χ0n) is 27.3. The Labute approximate surface area is 266 Å². The molecule has 11 nitrogen and oxygen atoms in total. The Bertz CT molecular complexity index is 1130. The molecule has 8 N–H and O–H groups in total. The van der Waals surface area contributed by atoms with E-state index in [1.54, 1.807) is 6.92 Å². The van der Waals surface area contributed by atoms with Crippen LogP contribution in [0.25, 0.3) is 0 Å². The molecule has 0 spiro atoms. The standard InChI is InChI=1S/C34H56O11/c1-16(23-14-32(3,41)34(5,42)30(44-23)45-29-28(40)27(39)26(38)24(15-35)43-29)20-8-9-21-19-7-6-17-12-18(36)13-25(37)33(17,4)22(19)10-11-31(20,21)2/h6,16,18-30,35-42H,7-15H2,1-5H3/t16-,18+,19-,20+,21-,22-,23+,24+,25-,26+,27-,28+,29-,30-,31+,32+,33-,34+/m0/s1. The maximum atomic E-state index is 11.6. The SMILES string of the molecule is C[C@@H]([C@H]1CC[C@H]2[C@@H]3CC=C4C[C@@H](O)C[C@H](O)[C@]4(C)[C@H]3CC[C@]12C)[C@H]1C[C@@](C)(O)[C@](C)(O)[C@H](O[C@@H]2O[C@H](CO)[C@@H](O)[C@H](O)[C@H]2O)O1. The van der Waals surface area contributed by atoms with Gasteiger partial charge in [0.05, 0.1) is 30.5 Å². The molecule has 2 aliphatic heterocycles. The van der Waals surface area contributed by atoms with Crippen LogP contribution in [-0.2, 0) is 14.2 Å². The van der Waals surface area contributed by atoms with Crippen LogP contribution in [0.3, 0.4) is 0 Å². The highest BCUT2D eigenvalue weighted by atomic mass is 16.8. The summed E-state index contributed by atoms with van der Waals surface area (Å²) in [6.07, 6.45) is -1.96. The maximum absolute atomic E-state index is 11.6. The van der Waals surface area contributed by atoms with Crippen molar-refractivity contribution in [3.8, 4) is 0 Å². The number of aliphatic hydroxyl groups is 8. The van der Waals surface area contributed by atoms with E-state index in [9.17, 15) is 40.9 Å². The summed E-state index contributed by atoms with van der Waals surface area (Å²) in [7, 11) is 0. The van der Waals surface area contributed by atoms with Gasteiger partial charge >= 0.3 is 0 Å². The quantitative estimate of drug-likeness (QED) is 0.200. The topological polar surface area (TPSA) is 190 Å². The summed E-state index contributed by atoms with van der Waals surface area (Å²) in [4.78, 5) is 0. The third-order valence-electron chi connectivity index (χ3n) is 14.0. The summed E-state index contributed by atoms with van der Waals surface area (Å²) in [5.74, 6) is 1.53. The zero-order valence-corrected chi connectivity index (χ0v) is 27.3. The van der Waals surface area contributed by atoms with E-state index in [4.69, 9.17) is 14.2 Å². The van der Waals surface area contributed by atoms with E-state index < -0.39 is 73.1 Å². The molecule has 0 aromatic rings. The first-order valence-corrected chi connectivity index (χ1v) is 17.1. The first-order valence-electron chi connectivity index (χ1n) is 17.1. The third-order valence-corrected chi connectivity index (χ3v) is 14.0. The molecule has 45 heavy (non-hydrogen) atoms. The van der Waals surface area contributed by atoms with Crippen molar-refractivity contribution in [3.63, 3.8) is 0 Å². The zero-order chi connectivity index (χ0) is 32.9. The Hall–Kier alpha value is -0.700. The second-order valence-corrected chi connectivity index (χ2v) is 16.3. The van der Waals surface area contributed by atoms with Crippen LogP contribution in [-0.4, -0.2) is 114 Å². The molecule has 5 fully saturated rings. The fourth-order valence-electron chi connectivity index (χ4n) is 10.8. The Morgan fingerprint density at radius 3 is 2.33 bits per heavy atom. The van der Waals surface area contributed by atoms with E-state index in [0.29, 0.717) is 30.6 Å². The summed E-state index contributed by atoms with van der Waals surface area (Å²) >= 11 is 0. The van der Waals surface area contributed by atoms with Gasteiger partial charge in [0.1, 0.15) is 30.0 Å². The largest absolute Gasteiger partial charge is 0.394 e. The highest BCUT2D eigenvalue weighted by molar-refractivity contribution is 5.27. The molecule has 2 heterocycles. The number of rotatable bonds is 5. The van der Waals surface area contributed by atoms with E-state index >= 15 is 0 Å². The summed E-state index contributed by atoms with van der Waals surface area (Å²) in [6.45, 7) is 9.07. The van der Waals surface area contributed by atoms with Gasteiger partial charge in [-0.15, -0.1) is 0 Å². The summed E-state index contributed by atoms with van der Waals surface area (Å²) in [5.41, 5.74) is -2.60. The van der Waals surface area contributed by atoms with Gasteiger partial charge in [-0.3, -0.25) is 0 Å². The Morgan fingerprint density at radius 1 is 0.933 bits per heavy atom. The van der Waals surface area contributed by atoms with Gasteiger partial charge in [0, 0.05) is 18.3 Å². The van der Waals surface area contributed by atoms with Crippen LogP contribution < -0.4 is 0 Å². The molecule has 0 aromatic carbocycles. The first-order chi connectivity index (χ1) is 21.0. The molecule has 2 saturated heterocycles. The lowest BCUT2D eigenvalue weighted by Crippen LogP contribution is -2.68.